The molecule has 4 fully saturated rings. The average Bonchev–Trinajstić information content (AvgIpc) is 2.96. The lowest BCUT2D eigenvalue weighted by Crippen LogP contribution is -2.64. The van der Waals surface area contributed by atoms with Gasteiger partial charge >= 0.3 is 0 Å². The van der Waals surface area contributed by atoms with Gasteiger partial charge in [-0.1, -0.05) is 42.5 Å². The summed E-state index contributed by atoms with van der Waals surface area (Å²) in [5, 5.41) is 8.74. The van der Waals surface area contributed by atoms with Crippen molar-refractivity contribution in [2.24, 2.45) is 11.0 Å². The van der Waals surface area contributed by atoms with Crippen LogP contribution in [0.3, 0.4) is 0 Å². The fraction of sp³-hybridized carbons (Fsp3) is 0.391. The Kier molecular flexibility index (Phi) is 4.86. The van der Waals surface area contributed by atoms with E-state index in [2.05, 4.69) is 69.9 Å². The molecule has 6 rings (SSSR count). The lowest BCUT2D eigenvalue weighted by atomic mass is 9.66. The molecule has 6 heteroatoms. The molecule has 0 aliphatic carbocycles. The van der Waals surface area contributed by atoms with Crippen LogP contribution in [0.4, 0.5) is 5.69 Å². The number of hydrazone groups is 1. The number of piperidine rings is 2. The second kappa shape index (κ2) is 7.52. The zero-order valence-electron chi connectivity index (χ0n) is 16.8. The van der Waals surface area contributed by atoms with Gasteiger partial charge in [0.15, 0.2) is 5.11 Å². The van der Waals surface area contributed by atoms with E-state index in [0.29, 0.717) is 11.0 Å². The standard InChI is InChI=1S/C23H27N5S/c1-17-6-5-9-20(12-17)24-22(29)26-25-21-18-13-27-10-11-28(14-18)16-23(21,15-27)19-7-3-2-4-8-19/h2-9,12,18H,10-11,13-16H2,1H3,(H2,24,26,29)/b25-21-. The van der Waals surface area contributed by atoms with Gasteiger partial charge in [0.25, 0.3) is 0 Å². The largest absolute Gasteiger partial charge is 0.331 e. The van der Waals surface area contributed by atoms with Gasteiger partial charge in [0.05, 0.1) is 11.1 Å². The van der Waals surface area contributed by atoms with E-state index in [4.69, 9.17) is 17.3 Å². The molecule has 0 aromatic heterocycles. The summed E-state index contributed by atoms with van der Waals surface area (Å²) in [7, 11) is 0. The first-order valence-corrected chi connectivity index (χ1v) is 10.8. The van der Waals surface area contributed by atoms with Crippen molar-refractivity contribution in [3.05, 3.63) is 65.7 Å². The number of benzene rings is 2. The molecule has 2 N–H and O–H groups in total. The summed E-state index contributed by atoms with van der Waals surface area (Å²) in [6.45, 7) is 8.62. The highest BCUT2D eigenvalue weighted by Crippen LogP contribution is 2.41. The molecule has 4 saturated heterocycles. The highest BCUT2D eigenvalue weighted by molar-refractivity contribution is 7.80. The predicted molar refractivity (Wildman–Crippen MR) is 122 cm³/mol. The maximum atomic E-state index is 5.54. The summed E-state index contributed by atoms with van der Waals surface area (Å²) in [6, 6.07) is 19.1. The molecule has 4 heterocycles. The summed E-state index contributed by atoms with van der Waals surface area (Å²) >= 11 is 5.54. The van der Waals surface area contributed by atoms with Gasteiger partial charge < -0.3 is 15.1 Å². The van der Waals surface area contributed by atoms with Crippen molar-refractivity contribution in [3.8, 4) is 0 Å². The van der Waals surface area contributed by atoms with Gasteiger partial charge in [-0.2, -0.15) is 5.10 Å². The first-order valence-electron chi connectivity index (χ1n) is 10.3. The van der Waals surface area contributed by atoms with Gasteiger partial charge in [0.2, 0.25) is 0 Å². The van der Waals surface area contributed by atoms with E-state index < -0.39 is 0 Å². The van der Waals surface area contributed by atoms with E-state index in [1.54, 1.807) is 0 Å². The Morgan fingerprint density at radius 3 is 2.45 bits per heavy atom. The van der Waals surface area contributed by atoms with Crippen molar-refractivity contribution in [2.75, 3.05) is 44.6 Å². The molecule has 150 valence electrons. The SMILES string of the molecule is Cc1cccc(NC(=S)N/N=C2/C3CN4CCN(C3)CC2(c2ccccc2)C4)c1. The Bertz CT molecular complexity index is 925. The topological polar surface area (TPSA) is 42.9 Å². The summed E-state index contributed by atoms with van der Waals surface area (Å²) in [5.74, 6) is 0.439. The van der Waals surface area contributed by atoms with E-state index in [1.807, 2.05) is 12.1 Å². The Hall–Kier alpha value is -2.28. The first kappa shape index (κ1) is 18.7. The molecular formula is C23H27N5S. The maximum Gasteiger partial charge on any atom is 0.191 e. The average molecular weight is 406 g/mol. The monoisotopic (exact) mass is 405 g/mol. The third kappa shape index (κ3) is 3.56. The molecular weight excluding hydrogens is 378 g/mol. The van der Waals surface area contributed by atoms with Gasteiger partial charge in [-0.15, -0.1) is 0 Å². The van der Waals surface area contributed by atoms with Crippen LogP contribution in [0.15, 0.2) is 59.7 Å². The summed E-state index contributed by atoms with van der Waals surface area (Å²) in [5.41, 5.74) is 7.90. The lowest BCUT2D eigenvalue weighted by molar-refractivity contribution is 0.163. The summed E-state index contributed by atoms with van der Waals surface area (Å²) in [4.78, 5) is 5.24. The fourth-order valence-corrected chi connectivity index (χ4v) is 5.42. The van der Waals surface area contributed by atoms with Crippen molar-refractivity contribution in [2.45, 2.75) is 12.3 Å². The van der Waals surface area contributed by atoms with Gasteiger partial charge in [-0.3, -0.25) is 5.43 Å². The smallest absolute Gasteiger partial charge is 0.191 e. The quantitative estimate of drug-likeness (QED) is 0.607. The highest BCUT2D eigenvalue weighted by atomic mass is 32.1. The Morgan fingerprint density at radius 2 is 1.76 bits per heavy atom. The molecule has 2 aromatic carbocycles. The molecule has 4 aliphatic rings. The molecule has 0 saturated carbocycles. The van der Waals surface area contributed by atoms with Gasteiger partial charge in [0, 0.05) is 50.9 Å². The molecule has 29 heavy (non-hydrogen) atoms. The van der Waals surface area contributed by atoms with E-state index in [0.717, 1.165) is 45.0 Å². The zero-order valence-corrected chi connectivity index (χ0v) is 17.6. The normalized spacial score (nSPS) is 31.5. The van der Waals surface area contributed by atoms with Crippen molar-refractivity contribution in [1.82, 2.24) is 15.2 Å². The molecule has 4 bridgehead atoms. The molecule has 2 unspecified atom stereocenters. The van der Waals surface area contributed by atoms with Gasteiger partial charge in [-0.05, 0) is 42.4 Å². The van der Waals surface area contributed by atoms with Crippen LogP contribution < -0.4 is 10.7 Å². The Morgan fingerprint density at radius 1 is 1.03 bits per heavy atom. The van der Waals surface area contributed by atoms with Crippen LogP contribution in [0, 0.1) is 12.8 Å². The summed E-state index contributed by atoms with van der Waals surface area (Å²) in [6.07, 6.45) is 0. The van der Waals surface area contributed by atoms with Gasteiger partial charge in [-0.25, -0.2) is 0 Å². The third-order valence-electron chi connectivity index (χ3n) is 6.43. The maximum absolute atomic E-state index is 5.54. The van der Waals surface area contributed by atoms with Crippen molar-refractivity contribution < 1.29 is 0 Å². The van der Waals surface area contributed by atoms with Crippen LogP contribution in [0.2, 0.25) is 0 Å². The van der Waals surface area contributed by atoms with Crippen LogP contribution in [0.25, 0.3) is 0 Å². The number of fused-ring (bicyclic) bond motifs is 1. The number of hydrogen-bond donors (Lipinski definition) is 2. The number of thiocarbonyl (C=S) groups is 1. The number of hydrogen-bond acceptors (Lipinski definition) is 4. The van der Waals surface area contributed by atoms with Crippen molar-refractivity contribution in [1.29, 1.82) is 0 Å². The second-order valence-electron chi connectivity index (χ2n) is 8.55. The number of aryl methyl sites for hydroxylation is 1. The lowest BCUT2D eigenvalue weighted by Gasteiger charge is -2.50. The minimum atomic E-state index is -0.0646. The number of anilines is 1. The fourth-order valence-electron chi connectivity index (χ4n) is 5.25. The van der Waals surface area contributed by atoms with Crippen molar-refractivity contribution in [3.63, 3.8) is 0 Å². The first-order chi connectivity index (χ1) is 14.1. The Balaban J connectivity index is 1.43. The molecule has 0 spiro atoms. The number of nitrogens with one attached hydrogen (secondary N) is 2. The minimum Gasteiger partial charge on any atom is -0.331 e. The van der Waals surface area contributed by atoms with Crippen LogP contribution in [0.1, 0.15) is 11.1 Å². The number of nitrogens with zero attached hydrogens (tertiary/aromatic N) is 3. The van der Waals surface area contributed by atoms with Crippen LogP contribution in [-0.4, -0.2) is 59.9 Å². The van der Waals surface area contributed by atoms with Crippen LogP contribution in [-0.2, 0) is 5.41 Å². The molecule has 4 aliphatic heterocycles. The number of rotatable bonds is 3. The van der Waals surface area contributed by atoms with Crippen LogP contribution >= 0.6 is 12.2 Å². The predicted octanol–water partition coefficient (Wildman–Crippen LogP) is 2.84. The molecule has 2 aromatic rings. The minimum absolute atomic E-state index is 0.0646. The van der Waals surface area contributed by atoms with Crippen LogP contribution in [0.5, 0.6) is 0 Å². The van der Waals surface area contributed by atoms with E-state index in [-0.39, 0.29) is 5.41 Å². The van der Waals surface area contributed by atoms with E-state index in [9.17, 15) is 0 Å². The molecule has 5 nitrogen and oxygen atoms in total. The zero-order chi connectivity index (χ0) is 19.8. The summed E-state index contributed by atoms with van der Waals surface area (Å²) < 4.78 is 0. The van der Waals surface area contributed by atoms with E-state index in [1.165, 1.54) is 16.8 Å². The highest BCUT2D eigenvalue weighted by Gasteiger charge is 2.53. The Labute approximate surface area is 177 Å². The molecule has 0 amide bonds. The van der Waals surface area contributed by atoms with Crippen molar-refractivity contribution >= 4 is 28.7 Å². The second-order valence-corrected chi connectivity index (χ2v) is 8.96. The third-order valence-corrected chi connectivity index (χ3v) is 6.63. The van der Waals surface area contributed by atoms with E-state index >= 15 is 0 Å². The molecule has 0 radical (unpaired) electrons. The van der Waals surface area contributed by atoms with Gasteiger partial charge in [0.1, 0.15) is 0 Å². The molecule has 2 atom stereocenters.